The van der Waals surface area contributed by atoms with E-state index in [4.69, 9.17) is 43.3 Å². The van der Waals surface area contributed by atoms with Crippen molar-refractivity contribution in [1.82, 2.24) is 47.1 Å². The fraction of sp³-hybridized carbons (Fsp3) is 0.265. The number of aliphatic hydroxyl groups is 6. The van der Waals surface area contributed by atoms with Crippen molar-refractivity contribution in [2.45, 2.75) is 93.6 Å². The highest BCUT2D eigenvalue weighted by atomic mass is 32.2. The molecule has 0 radical (unpaired) electrons. The van der Waals surface area contributed by atoms with E-state index >= 15 is 0 Å². The molecule has 8 rings (SSSR count). The van der Waals surface area contributed by atoms with Gasteiger partial charge in [0, 0.05) is 90.9 Å². The van der Waals surface area contributed by atoms with Crippen LogP contribution in [0.1, 0.15) is 62.5 Å². The Morgan fingerprint density at radius 3 is 0.667 bits per heavy atom. The quantitative estimate of drug-likeness (QED) is 0.0148. The molecule has 0 spiro atoms. The van der Waals surface area contributed by atoms with Crippen LogP contribution in [0.15, 0.2) is 193 Å². The molecular formula is C68H80N24O22S6-2. The SMILES string of the molecule is N=C([O-])CCN(CCC(=N)[O-])S(=O)(=O)c1cccc(N=c2[nH]c(=Nc3cccc(S(=O)(=O)N(CCC(=N)O)CCC(=N)O)c3)[nH]c(=Nc3ccc(CCc4ccc(N=c5[nH]c(=Nc6cccc(S(=O)(=O)N(CCC(=N)O)CCC(=N)O)c6)[nH]c(=Nc6cccc(S(=O)(=O)N(CCC(=N)O)CCC(=N)O)c6)[nH]5)cc4S(=O)(=O)O)c(S(=O)(=O)O)c3)[nH]2)c1. The monoisotopic (exact) mass is 1780 g/mol. The first-order valence-electron chi connectivity index (χ1n) is 35.1. The fourth-order valence-electron chi connectivity index (χ4n) is 11.1. The summed E-state index contributed by atoms with van der Waals surface area (Å²) in [5.74, 6) is -7.38. The molecule has 0 unspecified atom stereocenters. The third kappa shape index (κ3) is 26.9. The molecule has 0 saturated heterocycles. The molecule has 22 N–H and O–H groups in total. The molecule has 52 heteroatoms. The topological polar surface area (TPSA) is 785 Å². The molecule has 642 valence electrons. The Morgan fingerprint density at radius 2 is 0.483 bits per heavy atom. The van der Waals surface area contributed by atoms with E-state index in [2.05, 4.69) is 59.9 Å². The molecule has 0 aliphatic carbocycles. The number of aromatic amines is 6. The minimum Gasteiger partial charge on any atom is -0.862 e. The van der Waals surface area contributed by atoms with Crippen LogP contribution in [0, 0.1) is 43.3 Å². The maximum Gasteiger partial charge on any atom is 0.294 e. The summed E-state index contributed by atoms with van der Waals surface area (Å²) in [6.07, 6.45) is -4.58. The van der Waals surface area contributed by atoms with Gasteiger partial charge in [-0.25, -0.2) is 63.6 Å². The van der Waals surface area contributed by atoms with E-state index in [1.807, 2.05) is 0 Å². The lowest BCUT2D eigenvalue weighted by Gasteiger charge is -2.24. The maximum atomic E-state index is 14.0. The number of benzene rings is 6. The van der Waals surface area contributed by atoms with Crippen LogP contribution in [0.4, 0.5) is 34.1 Å². The average molecular weight is 1780 g/mol. The van der Waals surface area contributed by atoms with Gasteiger partial charge >= 0.3 is 0 Å². The number of sulfonamides is 4. The number of aryl methyl sites for hydroxylation is 2. The third-order valence-corrected chi connectivity index (χ3v) is 26.2. The zero-order valence-corrected chi connectivity index (χ0v) is 67.5. The third-order valence-electron chi connectivity index (χ3n) is 16.8. The number of hydrogen-bond acceptors (Lipinski definition) is 28. The van der Waals surface area contributed by atoms with Crippen molar-refractivity contribution < 1.29 is 100 Å². The van der Waals surface area contributed by atoms with Crippen molar-refractivity contribution >= 4 is 142 Å². The first-order chi connectivity index (χ1) is 56.2. The molecule has 0 amide bonds. The molecular weight excluding hydrogens is 1700 g/mol. The highest BCUT2D eigenvalue weighted by molar-refractivity contribution is 7.90. The summed E-state index contributed by atoms with van der Waals surface area (Å²) in [5, 5.41) is 140. The number of hydrogen-bond donors (Lipinski definition) is 22. The Balaban J connectivity index is 1.23. The zero-order valence-electron chi connectivity index (χ0n) is 62.6. The Kier molecular flexibility index (Phi) is 31.1. The number of aliphatic hydroxyl groups excluding tert-OH is 6. The zero-order chi connectivity index (χ0) is 88.2. The molecule has 120 heavy (non-hydrogen) atoms. The second-order valence-electron chi connectivity index (χ2n) is 25.7. The highest BCUT2D eigenvalue weighted by Gasteiger charge is 2.30. The van der Waals surface area contributed by atoms with Crippen LogP contribution < -0.4 is 43.9 Å². The number of nitrogens with one attached hydrogen (secondary N) is 14. The summed E-state index contributed by atoms with van der Waals surface area (Å²) in [5.41, 5.74) is -3.17. The smallest absolute Gasteiger partial charge is 0.294 e. The Morgan fingerprint density at radius 1 is 0.292 bits per heavy atom. The first-order valence-corrected chi connectivity index (χ1v) is 43.7. The predicted octanol–water partition coefficient (Wildman–Crippen LogP) is 2.30. The molecule has 46 nitrogen and oxygen atoms in total. The van der Waals surface area contributed by atoms with Gasteiger partial charge in [0.25, 0.3) is 20.2 Å². The highest BCUT2D eigenvalue weighted by Crippen LogP contribution is 2.30. The Bertz CT molecular complexity index is 5770. The van der Waals surface area contributed by atoms with E-state index in [0.717, 1.165) is 59.7 Å². The van der Waals surface area contributed by atoms with E-state index < -0.39 is 253 Å². The minimum absolute atomic E-state index is 0.0991. The lowest BCUT2D eigenvalue weighted by Crippen LogP contribution is -2.37. The second kappa shape index (κ2) is 40.2. The molecule has 0 aliphatic rings. The summed E-state index contributed by atoms with van der Waals surface area (Å²) in [4.78, 5) is 40.5. The standard InChI is InChI=1S/C68H82N24O22S6/c69-55(93)19-27-89(28-20-56(70)94)115(101,102)49-9-1-5-43(35-49)77-63-83-64(78-44-6-2-10-50(36-44)116(103,104)90(29-21-57(71)95)30-22-58(72)96)86-67(85-63)81-47-17-15-41(53(39-47)119(109,110)111)13-14-42-16-18-48(40-54(42)120(112,113)114)82-68-87-65(79-45-7-3-11-51(37-45)117(105,106)91(31-23-59(73)97)32-24-60(74)98)84-66(88-68)80-46-8-4-12-52(38-46)118(107,108)92(33-25-61(75)99)34-26-62(76)100/h1-12,15-18,35-40H,13-14,19-34H2,(H2,69,93)(H2,70,94)(H2,71,95)(H2,72,96)(H2,73,97)(H2,74,98)(H2,75,99)(H2,76,100)(H,109,110,111)(H,112,113,114)(H3,77,78,81,83,85,86)(H3,79,80,82,84,87,88)/p-2. The van der Waals surface area contributed by atoms with Crippen molar-refractivity contribution in [3.8, 4) is 0 Å². The number of nitrogens with zero attached hydrogens (tertiary/aromatic N) is 10. The summed E-state index contributed by atoms with van der Waals surface area (Å²) in [6, 6.07) is 26.3. The maximum absolute atomic E-state index is 14.0. The normalized spacial score (nSPS) is 13.2. The van der Waals surface area contributed by atoms with Crippen molar-refractivity contribution in [3.05, 3.63) is 178 Å². The first kappa shape index (κ1) is 92.9. The molecule has 2 aromatic heterocycles. The molecule has 0 fully saturated rings. The van der Waals surface area contributed by atoms with Crippen LogP contribution in [0.5, 0.6) is 0 Å². The lowest BCUT2D eigenvalue weighted by molar-refractivity contribution is -0.220. The van der Waals surface area contributed by atoms with Crippen molar-refractivity contribution in [2.75, 3.05) is 52.4 Å². The number of H-pyrrole nitrogens is 6. The Hall–Kier alpha value is -12.6. The van der Waals surface area contributed by atoms with E-state index in [9.17, 15) is 100 Å². The van der Waals surface area contributed by atoms with Gasteiger partial charge in [0.15, 0.2) is 35.4 Å². The molecule has 0 atom stereocenters. The molecule has 0 aliphatic heterocycles. The van der Waals surface area contributed by atoms with Gasteiger partial charge in [-0.3, -0.25) is 71.5 Å². The van der Waals surface area contributed by atoms with Gasteiger partial charge in [0.05, 0.1) is 63.5 Å². The predicted molar refractivity (Wildman–Crippen MR) is 426 cm³/mol. The van der Waals surface area contributed by atoms with Gasteiger partial charge in [-0.2, -0.15) is 34.1 Å². The fourth-order valence-corrected chi connectivity index (χ4v) is 18.5. The molecule has 0 saturated carbocycles. The summed E-state index contributed by atoms with van der Waals surface area (Å²) in [7, 11) is -28.6. The van der Waals surface area contributed by atoms with Crippen molar-refractivity contribution in [1.29, 1.82) is 43.3 Å². The minimum atomic E-state index is -5.25. The number of aromatic nitrogens is 6. The van der Waals surface area contributed by atoms with Crippen molar-refractivity contribution in [3.63, 3.8) is 0 Å². The van der Waals surface area contributed by atoms with Gasteiger partial charge < -0.3 is 51.7 Å². The molecule has 6 aromatic carbocycles. The summed E-state index contributed by atoms with van der Waals surface area (Å²) in [6.45, 7) is -3.72. The van der Waals surface area contributed by atoms with Crippen LogP contribution in [-0.4, -0.2) is 237 Å². The number of rotatable bonds is 43. The molecule has 2 heterocycles. The van der Waals surface area contributed by atoms with Crippen LogP contribution in [-0.2, 0) is 73.2 Å². The van der Waals surface area contributed by atoms with Gasteiger partial charge in [-0.1, -0.05) is 36.4 Å². The summed E-state index contributed by atoms with van der Waals surface area (Å²) >= 11 is 0. The van der Waals surface area contributed by atoms with Gasteiger partial charge in [0.2, 0.25) is 73.8 Å². The average Bonchev–Trinajstić information content (AvgIpc) is 0.793. The van der Waals surface area contributed by atoms with E-state index in [1.165, 1.54) is 91.0 Å². The van der Waals surface area contributed by atoms with Crippen LogP contribution >= 0.6 is 0 Å². The lowest BCUT2D eigenvalue weighted by atomic mass is 10.0. The van der Waals surface area contributed by atoms with Gasteiger partial charge in [0.1, 0.15) is 0 Å². The van der Waals surface area contributed by atoms with E-state index in [0.29, 0.717) is 0 Å². The van der Waals surface area contributed by atoms with Gasteiger partial charge in [-0.05, 0) is 146 Å². The molecule has 8 aromatic rings. The second-order valence-corrected chi connectivity index (χ2v) is 36.2. The van der Waals surface area contributed by atoms with Crippen LogP contribution in [0.3, 0.4) is 0 Å². The molecule has 0 bridgehead atoms. The van der Waals surface area contributed by atoms with E-state index in [1.54, 1.807) is 0 Å². The van der Waals surface area contributed by atoms with E-state index in [-0.39, 0.29) is 79.0 Å². The largest absolute Gasteiger partial charge is 0.862 e. The van der Waals surface area contributed by atoms with Crippen molar-refractivity contribution in [2.24, 2.45) is 30.0 Å². The van der Waals surface area contributed by atoms with Crippen LogP contribution in [0.25, 0.3) is 0 Å². The summed E-state index contributed by atoms with van der Waals surface area (Å²) < 4.78 is 190. The van der Waals surface area contributed by atoms with Crippen LogP contribution in [0.2, 0.25) is 0 Å². The Labute approximate surface area is 682 Å². The van der Waals surface area contributed by atoms with Gasteiger partial charge in [-0.15, -0.1) is 0 Å².